The Hall–Kier alpha value is -0.840. The smallest absolute Gasteiger partial charge is 0.270 e. The van der Waals surface area contributed by atoms with Gasteiger partial charge in [-0.3, -0.25) is 9.89 Å². The van der Waals surface area contributed by atoms with Gasteiger partial charge in [0.15, 0.2) is 0 Å². The van der Waals surface area contributed by atoms with E-state index in [2.05, 4.69) is 31.4 Å². The van der Waals surface area contributed by atoms with Crippen molar-refractivity contribution in [3.05, 3.63) is 17.5 Å². The zero-order valence-corrected chi connectivity index (χ0v) is 10.1. The number of aryl methyl sites for hydroxylation is 1. The first kappa shape index (κ1) is 11.2. The summed E-state index contributed by atoms with van der Waals surface area (Å²) in [5.74, 6) is -0.121. The average molecular weight is 260 g/mol. The second-order valence-corrected chi connectivity index (χ2v) is 4.46. The van der Waals surface area contributed by atoms with Gasteiger partial charge in [0.05, 0.1) is 6.20 Å². The minimum atomic E-state index is -0.255. The monoisotopic (exact) mass is 259 g/mol. The Bertz CT molecular complexity index is 333. The van der Waals surface area contributed by atoms with Crippen molar-refractivity contribution in [3.8, 4) is 0 Å². The van der Waals surface area contributed by atoms with E-state index in [1.807, 2.05) is 20.8 Å². The number of alkyl halides is 1. The largest absolute Gasteiger partial charge is 0.345 e. The van der Waals surface area contributed by atoms with Crippen molar-refractivity contribution >= 4 is 21.8 Å². The molecule has 1 aromatic rings. The van der Waals surface area contributed by atoms with Crippen LogP contribution in [0.15, 0.2) is 6.20 Å². The predicted molar refractivity (Wildman–Crippen MR) is 58.7 cm³/mol. The highest BCUT2D eigenvalue weighted by Gasteiger charge is 2.21. The van der Waals surface area contributed by atoms with Crippen LogP contribution in [0.2, 0.25) is 0 Å². The lowest BCUT2D eigenvalue weighted by Gasteiger charge is -2.23. The van der Waals surface area contributed by atoms with Gasteiger partial charge >= 0.3 is 0 Å². The number of nitrogens with zero attached hydrogens (tertiary/aromatic N) is 1. The lowest BCUT2D eigenvalue weighted by molar-refractivity contribution is 0.0915. The molecule has 1 rings (SSSR count). The molecule has 0 aliphatic rings. The van der Waals surface area contributed by atoms with Gasteiger partial charge in [-0.15, -0.1) is 0 Å². The van der Waals surface area contributed by atoms with Crippen LogP contribution in [0, 0.1) is 6.92 Å². The van der Waals surface area contributed by atoms with Gasteiger partial charge < -0.3 is 5.32 Å². The van der Waals surface area contributed by atoms with Crippen molar-refractivity contribution in [3.63, 3.8) is 0 Å². The van der Waals surface area contributed by atoms with Gasteiger partial charge in [0, 0.05) is 10.9 Å². The number of halogens is 1. The minimum Gasteiger partial charge on any atom is -0.345 e. The van der Waals surface area contributed by atoms with Gasteiger partial charge in [0.2, 0.25) is 0 Å². The molecule has 1 amide bonds. The molecule has 0 aromatic carbocycles. The SMILES string of the molecule is Cc1cn[nH]c1C(=O)NC(C)(C)CBr. The van der Waals surface area contributed by atoms with Gasteiger partial charge in [-0.05, 0) is 26.3 Å². The predicted octanol–water partition coefficient (Wildman–Crippen LogP) is 1.62. The lowest BCUT2D eigenvalue weighted by Crippen LogP contribution is -2.45. The molecule has 0 aliphatic heterocycles. The van der Waals surface area contributed by atoms with Crippen LogP contribution < -0.4 is 5.32 Å². The normalized spacial score (nSPS) is 11.4. The first-order valence-corrected chi connectivity index (χ1v) is 5.47. The highest BCUT2D eigenvalue weighted by molar-refractivity contribution is 9.09. The zero-order chi connectivity index (χ0) is 10.8. The number of amides is 1. The van der Waals surface area contributed by atoms with E-state index in [9.17, 15) is 4.79 Å². The van der Waals surface area contributed by atoms with Crippen LogP contribution in [0.1, 0.15) is 29.9 Å². The molecule has 5 heteroatoms. The van der Waals surface area contributed by atoms with Crippen molar-refractivity contribution in [2.75, 3.05) is 5.33 Å². The fourth-order valence-electron chi connectivity index (χ4n) is 0.979. The molecule has 0 saturated carbocycles. The molecule has 4 nitrogen and oxygen atoms in total. The maximum absolute atomic E-state index is 11.7. The molecule has 0 atom stereocenters. The number of H-pyrrole nitrogens is 1. The molecule has 0 spiro atoms. The van der Waals surface area contributed by atoms with E-state index in [1.54, 1.807) is 6.20 Å². The van der Waals surface area contributed by atoms with Crippen molar-refractivity contribution in [1.29, 1.82) is 0 Å². The minimum absolute atomic E-state index is 0.121. The maximum atomic E-state index is 11.7. The third kappa shape index (κ3) is 2.57. The van der Waals surface area contributed by atoms with Crippen molar-refractivity contribution in [1.82, 2.24) is 15.5 Å². The summed E-state index contributed by atoms with van der Waals surface area (Å²) in [5.41, 5.74) is 1.13. The Morgan fingerprint density at radius 3 is 2.79 bits per heavy atom. The van der Waals surface area contributed by atoms with E-state index in [4.69, 9.17) is 0 Å². The summed E-state index contributed by atoms with van der Waals surface area (Å²) in [7, 11) is 0. The summed E-state index contributed by atoms with van der Waals surface area (Å²) in [6, 6.07) is 0. The third-order valence-electron chi connectivity index (χ3n) is 1.84. The number of rotatable bonds is 3. The molecular formula is C9H14BrN3O. The third-order valence-corrected chi connectivity index (χ3v) is 3.24. The highest BCUT2D eigenvalue weighted by atomic mass is 79.9. The summed E-state index contributed by atoms with van der Waals surface area (Å²) in [4.78, 5) is 11.7. The number of hydrogen-bond donors (Lipinski definition) is 2. The maximum Gasteiger partial charge on any atom is 0.270 e. The number of aromatic nitrogens is 2. The zero-order valence-electron chi connectivity index (χ0n) is 8.52. The Balaban J connectivity index is 2.73. The molecular weight excluding hydrogens is 246 g/mol. The Morgan fingerprint density at radius 1 is 1.71 bits per heavy atom. The van der Waals surface area contributed by atoms with E-state index in [0.717, 1.165) is 5.56 Å². The van der Waals surface area contributed by atoms with Crippen LogP contribution in [-0.4, -0.2) is 27.0 Å². The van der Waals surface area contributed by atoms with Gasteiger partial charge in [0.25, 0.3) is 5.91 Å². The number of hydrogen-bond acceptors (Lipinski definition) is 2. The molecule has 78 valence electrons. The topological polar surface area (TPSA) is 57.8 Å². The van der Waals surface area contributed by atoms with Crippen LogP contribution in [0.5, 0.6) is 0 Å². The molecule has 0 fully saturated rings. The Morgan fingerprint density at radius 2 is 2.36 bits per heavy atom. The lowest BCUT2D eigenvalue weighted by atomic mass is 10.1. The fraction of sp³-hybridized carbons (Fsp3) is 0.556. The van der Waals surface area contributed by atoms with Gasteiger partial charge in [-0.25, -0.2) is 0 Å². The molecule has 2 N–H and O–H groups in total. The summed E-state index contributed by atoms with van der Waals surface area (Å²) < 4.78 is 0. The van der Waals surface area contributed by atoms with E-state index < -0.39 is 0 Å². The number of carbonyl (C=O) groups is 1. The standard InChI is InChI=1S/C9H14BrN3O/c1-6-4-11-13-7(6)8(14)12-9(2,3)5-10/h4H,5H2,1-3H3,(H,11,13)(H,12,14). The first-order chi connectivity index (χ1) is 6.46. The summed E-state index contributed by atoms with van der Waals surface area (Å²) in [6.45, 7) is 5.75. The van der Waals surface area contributed by atoms with Crippen LogP contribution >= 0.6 is 15.9 Å². The molecule has 1 aromatic heterocycles. The van der Waals surface area contributed by atoms with Gasteiger partial charge in [-0.2, -0.15) is 5.10 Å². The van der Waals surface area contributed by atoms with Gasteiger partial charge in [-0.1, -0.05) is 15.9 Å². The number of carbonyl (C=O) groups excluding carboxylic acids is 1. The van der Waals surface area contributed by atoms with Gasteiger partial charge in [0.1, 0.15) is 5.69 Å². The summed E-state index contributed by atoms with van der Waals surface area (Å²) in [5, 5.41) is 10.1. The van der Waals surface area contributed by atoms with Crippen LogP contribution in [0.3, 0.4) is 0 Å². The number of aromatic amines is 1. The van der Waals surface area contributed by atoms with Crippen molar-refractivity contribution in [2.45, 2.75) is 26.3 Å². The first-order valence-electron chi connectivity index (χ1n) is 4.35. The van der Waals surface area contributed by atoms with E-state index in [0.29, 0.717) is 11.0 Å². The quantitative estimate of drug-likeness (QED) is 0.811. The van der Waals surface area contributed by atoms with E-state index in [-0.39, 0.29) is 11.4 Å². The van der Waals surface area contributed by atoms with E-state index in [1.165, 1.54) is 0 Å². The molecule has 14 heavy (non-hydrogen) atoms. The second-order valence-electron chi connectivity index (χ2n) is 3.90. The van der Waals surface area contributed by atoms with Crippen LogP contribution in [0.25, 0.3) is 0 Å². The second kappa shape index (κ2) is 4.13. The Kier molecular flexibility index (Phi) is 3.31. The molecule has 0 saturated heterocycles. The van der Waals surface area contributed by atoms with E-state index >= 15 is 0 Å². The summed E-state index contributed by atoms with van der Waals surface area (Å²) >= 11 is 3.34. The van der Waals surface area contributed by atoms with Crippen LogP contribution in [0.4, 0.5) is 0 Å². The molecule has 0 unspecified atom stereocenters. The molecule has 0 aliphatic carbocycles. The fourth-order valence-corrected chi connectivity index (χ4v) is 1.12. The molecule has 0 bridgehead atoms. The summed E-state index contributed by atoms with van der Waals surface area (Å²) in [6.07, 6.45) is 1.63. The van der Waals surface area contributed by atoms with Crippen molar-refractivity contribution < 1.29 is 4.79 Å². The molecule has 1 heterocycles. The molecule has 0 radical (unpaired) electrons. The highest BCUT2D eigenvalue weighted by Crippen LogP contribution is 2.09. The van der Waals surface area contributed by atoms with Crippen molar-refractivity contribution in [2.24, 2.45) is 0 Å². The number of nitrogens with one attached hydrogen (secondary N) is 2. The Labute approximate surface area is 91.6 Å². The van der Waals surface area contributed by atoms with Crippen LogP contribution in [-0.2, 0) is 0 Å². The average Bonchev–Trinajstić information content (AvgIpc) is 2.51.